The second kappa shape index (κ2) is 9.38. The lowest BCUT2D eigenvalue weighted by Crippen LogP contribution is -2.46. The Morgan fingerprint density at radius 1 is 0.909 bits per heavy atom. The van der Waals surface area contributed by atoms with Crippen molar-refractivity contribution in [1.29, 1.82) is 0 Å². The van der Waals surface area contributed by atoms with Crippen molar-refractivity contribution in [3.63, 3.8) is 0 Å². The van der Waals surface area contributed by atoms with Gasteiger partial charge >= 0.3 is 0 Å². The Bertz CT molecular complexity index is 1220. The van der Waals surface area contributed by atoms with Crippen LogP contribution in [0.5, 0.6) is 0 Å². The fourth-order valence-electron chi connectivity index (χ4n) is 4.58. The zero-order valence-electron chi connectivity index (χ0n) is 19.0. The third-order valence-corrected chi connectivity index (χ3v) is 8.51. The van der Waals surface area contributed by atoms with Crippen LogP contribution in [0.15, 0.2) is 59.5 Å². The molecule has 0 N–H and O–H groups in total. The van der Waals surface area contributed by atoms with Crippen molar-refractivity contribution >= 4 is 26.6 Å². The summed E-state index contributed by atoms with van der Waals surface area (Å²) in [5.41, 5.74) is 1.77. The summed E-state index contributed by atoms with van der Waals surface area (Å²) in [6.45, 7) is 8.90. The average molecular weight is 467 g/mol. The lowest BCUT2D eigenvalue weighted by Gasteiger charge is -2.35. The predicted molar refractivity (Wildman–Crippen MR) is 131 cm³/mol. The first kappa shape index (κ1) is 22.3. The number of sulfonamides is 1. The molecule has 0 saturated carbocycles. The van der Waals surface area contributed by atoms with E-state index in [1.54, 1.807) is 12.1 Å². The van der Waals surface area contributed by atoms with Crippen LogP contribution in [-0.2, 0) is 14.8 Å². The summed E-state index contributed by atoms with van der Waals surface area (Å²) in [6, 6.07) is 17.5. The van der Waals surface area contributed by atoms with Crippen molar-refractivity contribution in [3.8, 4) is 11.3 Å². The number of pyridine rings is 1. The van der Waals surface area contributed by atoms with Crippen LogP contribution in [-0.4, -0.2) is 81.6 Å². The first-order valence-corrected chi connectivity index (χ1v) is 13.1. The van der Waals surface area contributed by atoms with Crippen molar-refractivity contribution in [2.75, 3.05) is 63.9 Å². The number of nitrogens with zero attached hydrogens (tertiary/aromatic N) is 4. The first-order valence-electron chi connectivity index (χ1n) is 11.6. The van der Waals surface area contributed by atoms with Gasteiger partial charge in [0.15, 0.2) is 0 Å². The maximum atomic E-state index is 13.0. The van der Waals surface area contributed by atoms with Gasteiger partial charge in [0.25, 0.3) is 0 Å². The summed E-state index contributed by atoms with van der Waals surface area (Å²) >= 11 is 0. The third kappa shape index (κ3) is 4.48. The molecule has 0 aliphatic carbocycles. The van der Waals surface area contributed by atoms with Crippen LogP contribution < -0.4 is 4.90 Å². The number of likely N-dealkylation sites (N-methyl/N-ethyl adjacent to an activating group) is 1. The first-order chi connectivity index (χ1) is 16.1. The molecule has 2 fully saturated rings. The van der Waals surface area contributed by atoms with Crippen LogP contribution in [0.1, 0.15) is 6.92 Å². The minimum Gasteiger partial charge on any atom is -0.379 e. The van der Waals surface area contributed by atoms with Gasteiger partial charge in [-0.15, -0.1) is 0 Å². The van der Waals surface area contributed by atoms with E-state index >= 15 is 0 Å². The largest absolute Gasteiger partial charge is 0.379 e. The van der Waals surface area contributed by atoms with E-state index in [1.807, 2.05) is 18.2 Å². The number of hydrogen-bond donors (Lipinski definition) is 0. The molecular weight excluding hydrogens is 436 g/mol. The number of ether oxygens (including phenoxy) is 1. The Kier molecular flexibility index (Phi) is 6.34. The van der Waals surface area contributed by atoms with Crippen molar-refractivity contribution < 1.29 is 13.2 Å². The lowest BCUT2D eigenvalue weighted by molar-refractivity contribution is 0.0730. The van der Waals surface area contributed by atoms with Gasteiger partial charge in [0.2, 0.25) is 10.0 Å². The number of morpholine rings is 1. The van der Waals surface area contributed by atoms with Crippen LogP contribution in [0.2, 0.25) is 0 Å². The second-order valence-corrected chi connectivity index (χ2v) is 10.5. The number of hydrogen-bond acceptors (Lipinski definition) is 6. The number of aromatic nitrogens is 1. The molecule has 2 aliphatic heterocycles. The Balaban J connectivity index is 1.47. The fraction of sp³-hybridized carbons (Fsp3) is 0.400. The monoisotopic (exact) mass is 466 g/mol. The molecule has 0 unspecified atom stereocenters. The fourth-order valence-corrected chi connectivity index (χ4v) is 5.99. The summed E-state index contributed by atoms with van der Waals surface area (Å²) in [4.78, 5) is 10.2. The van der Waals surface area contributed by atoms with E-state index in [0.29, 0.717) is 31.2 Å². The number of anilines is 1. The third-order valence-electron chi connectivity index (χ3n) is 6.60. The van der Waals surface area contributed by atoms with Crippen molar-refractivity contribution in [2.24, 2.45) is 0 Å². The quantitative estimate of drug-likeness (QED) is 0.576. The maximum Gasteiger partial charge on any atom is 0.243 e. The molecule has 0 bridgehead atoms. The summed E-state index contributed by atoms with van der Waals surface area (Å²) in [5, 5.41) is 2.29. The van der Waals surface area contributed by atoms with Gasteiger partial charge in [0.05, 0.1) is 23.8 Å². The minimum absolute atomic E-state index is 0.310. The van der Waals surface area contributed by atoms with Gasteiger partial charge in [-0.25, -0.2) is 13.4 Å². The summed E-state index contributed by atoms with van der Waals surface area (Å²) < 4.78 is 32.7. The highest BCUT2D eigenvalue weighted by atomic mass is 32.2. The Morgan fingerprint density at radius 3 is 2.30 bits per heavy atom. The van der Waals surface area contributed by atoms with E-state index in [2.05, 4.69) is 41.0 Å². The Morgan fingerprint density at radius 2 is 1.61 bits per heavy atom. The van der Waals surface area contributed by atoms with Gasteiger partial charge in [-0.2, -0.15) is 4.31 Å². The lowest BCUT2D eigenvalue weighted by atomic mass is 10.1. The van der Waals surface area contributed by atoms with Crippen molar-refractivity contribution in [3.05, 3.63) is 54.6 Å². The number of rotatable bonds is 5. The van der Waals surface area contributed by atoms with Gasteiger partial charge in [-0.05, 0) is 30.1 Å². The van der Waals surface area contributed by atoms with Gasteiger partial charge in [-0.1, -0.05) is 43.3 Å². The maximum absolute atomic E-state index is 13.0. The molecule has 3 aromatic rings. The van der Waals surface area contributed by atoms with Gasteiger partial charge < -0.3 is 14.5 Å². The van der Waals surface area contributed by atoms with Crippen LogP contribution in [0, 0.1) is 0 Å². The molecule has 7 nitrogen and oxygen atoms in total. The molecular formula is C25H30N4O3S. The van der Waals surface area contributed by atoms with Crippen LogP contribution >= 0.6 is 0 Å². The molecule has 2 aliphatic rings. The molecule has 1 aromatic heterocycles. The molecule has 0 spiro atoms. The van der Waals surface area contributed by atoms with E-state index in [4.69, 9.17) is 9.72 Å². The molecule has 0 amide bonds. The van der Waals surface area contributed by atoms with Crippen LogP contribution in [0.4, 0.5) is 5.82 Å². The molecule has 2 saturated heterocycles. The zero-order valence-corrected chi connectivity index (χ0v) is 19.8. The topological polar surface area (TPSA) is 66.0 Å². The highest BCUT2D eigenvalue weighted by Gasteiger charge is 2.26. The molecule has 2 aromatic carbocycles. The van der Waals surface area contributed by atoms with Crippen molar-refractivity contribution in [2.45, 2.75) is 11.8 Å². The summed E-state index contributed by atoms with van der Waals surface area (Å²) in [5.74, 6) is 1.00. The number of piperazine rings is 1. The number of benzene rings is 2. The van der Waals surface area contributed by atoms with Gasteiger partial charge in [0, 0.05) is 50.2 Å². The predicted octanol–water partition coefficient (Wildman–Crippen LogP) is 3.06. The van der Waals surface area contributed by atoms with Gasteiger partial charge in [-0.3, -0.25) is 0 Å². The highest BCUT2D eigenvalue weighted by molar-refractivity contribution is 7.89. The standard InChI is InChI=1S/C25H30N4O3S/c1-2-27-11-13-28(14-12-27)25-23-6-4-3-5-21(23)19-24(26-25)20-7-9-22(10-8-20)33(30,31)29-15-17-32-18-16-29/h3-10,19H,2,11-18H2,1H3. The highest BCUT2D eigenvalue weighted by Crippen LogP contribution is 2.31. The molecule has 8 heteroatoms. The summed E-state index contributed by atoms with van der Waals surface area (Å²) in [6.07, 6.45) is 0. The SMILES string of the molecule is CCN1CCN(c2nc(-c3ccc(S(=O)(=O)N4CCOCC4)cc3)cc3ccccc23)CC1. The molecule has 33 heavy (non-hydrogen) atoms. The van der Waals surface area contributed by atoms with Gasteiger partial charge in [0.1, 0.15) is 5.82 Å². The van der Waals surface area contributed by atoms with E-state index in [1.165, 1.54) is 4.31 Å². The van der Waals surface area contributed by atoms with Crippen LogP contribution in [0.25, 0.3) is 22.0 Å². The molecule has 174 valence electrons. The summed E-state index contributed by atoms with van der Waals surface area (Å²) in [7, 11) is -3.51. The van der Waals surface area contributed by atoms with Crippen LogP contribution in [0.3, 0.4) is 0 Å². The minimum atomic E-state index is -3.51. The van der Waals surface area contributed by atoms with E-state index in [-0.39, 0.29) is 0 Å². The van der Waals surface area contributed by atoms with E-state index < -0.39 is 10.0 Å². The average Bonchev–Trinajstić information content (AvgIpc) is 2.88. The molecule has 0 atom stereocenters. The Hall–Kier alpha value is -2.52. The normalized spacial score (nSPS) is 18.6. The van der Waals surface area contributed by atoms with E-state index in [9.17, 15) is 8.42 Å². The smallest absolute Gasteiger partial charge is 0.243 e. The van der Waals surface area contributed by atoms with E-state index in [0.717, 1.165) is 60.6 Å². The second-order valence-electron chi connectivity index (χ2n) is 8.51. The van der Waals surface area contributed by atoms with Crippen molar-refractivity contribution in [1.82, 2.24) is 14.2 Å². The molecule has 5 rings (SSSR count). The zero-order chi connectivity index (χ0) is 22.8. The Labute approximate surface area is 195 Å². The molecule has 3 heterocycles. The molecule has 0 radical (unpaired) electrons. The number of fused-ring (bicyclic) bond motifs is 1.